The van der Waals surface area contributed by atoms with Crippen LogP contribution in [-0.4, -0.2) is 12.2 Å². The Balaban J connectivity index is 3.11. The lowest BCUT2D eigenvalue weighted by molar-refractivity contribution is 0.565. The highest BCUT2D eigenvalue weighted by atomic mass is 16.1. The topological polar surface area (TPSA) is 58.9 Å². The zero-order valence-corrected chi connectivity index (χ0v) is 5.94. The Morgan fingerprint density at radius 3 is 2.67 bits per heavy atom. The van der Waals surface area contributed by atoms with Crippen LogP contribution in [0.15, 0.2) is 28.2 Å². The monoisotopic (exact) mass is 159 g/mol. The van der Waals surface area contributed by atoms with E-state index < -0.39 is 0 Å². The summed E-state index contributed by atoms with van der Waals surface area (Å²) < 4.78 is 0. The van der Waals surface area contributed by atoms with E-state index in [1.54, 1.807) is 6.07 Å². The van der Waals surface area contributed by atoms with Gasteiger partial charge in [-0.15, -0.1) is 0 Å². The number of hydrogen-bond donors (Lipinski definition) is 0. The van der Waals surface area contributed by atoms with Crippen molar-refractivity contribution in [1.82, 2.24) is 0 Å². The number of carbonyl (C=O) groups excluding carboxylic acids is 2. The number of rotatable bonds is 2. The first-order valence-corrected chi connectivity index (χ1v) is 3.04. The maximum Gasteiger partial charge on any atom is 0.240 e. The lowest BCUT2D eigenvalue weighted by Crippen LogP contribution is -1.65. The molecule has 0 aliphatic rings. The van der Waals surface area contributed by atoms with Crippen LogP contribution in [0.5, 0.6) is 0 Å². The minimum atomic E-state index is 0.293. The Labute approximate surface area is 68.3 Å². The van der Waals surface area contributed by atoms with Crippen LogP contribution >= 0.6 is 0 Å². The summed E-state index contributed by atoms with van der Waals surface area (Å²) in [6.45, 7) is 0. The molecule has 0 saturated heterocycles. The van der Waals surface area contributed by atoms with Crippen molar-refractivity contribution in [3.63, 3.8) is 0 Å². The third-order valence-corrected chi connectivity index (χ3v) is 1.11. The van der Waals surface area contributed by atoms with Gasteiger partial charge in [0.1, 0.15) is 0 Å². The summed E-state index contributed by atoms with van der Waals surface area (Å²) in [4.78, 5) is 26.3. The van der Waals surface area contributed by atoms with E-state index in [4.69, 9.17) is 0 Å². The van der Waals surface area contributed by atoms with Gasteiger partial charge < -0.3 is 0 Å². The average molecular weight is 159 g/mol. The predicted octanol–water partition coefficient (Wildman–Crippen LogP) is 1.42. The number of aliphatic imine (C=N–C) groups is 2. The molecule has 0 saturated carbocycles. The van der Waals surface area contributed by atoms with Gasteiger partial charge in [-0.25, -0.2) is 9.59 Å². The number of benzene rings is 1. The van der Waals surface area contributed by atoms with Gasteiger partial charge in [0, 0.05) is 6.07 Å². The minimum Gasteiger partial charge on any atom is -0.211 e. The first-order valence-electron chi connectivity index (χ1n) is 3.04. The molecule has 0 bridgehead atoms. The van der Waals surface area contributed by atoms with Gasteiger partial charge >= 0.3 is 0 Å². The highest BCUT2D eigenvalue weighted by molar-refractivity contribution is 5.57. The van der Waals surface area contributed by atoms with Crippen molar-refractivity contribution < 1.29 is 9.59 Å². The van der Waals surface area contributed by atoms with Crippen molar-refractivity contribution in [2.75, 3.05) is 0 Å². The highest BCUT2D eigenvalue weighted by Crippen LogP contribution is 2.18. The first kappa shape index (κ1) is 8.08. The second kappa shape index (κ2) is 3.98. The second-order valence-corrected chi connectivity index (χ2v) is 1.84. The second-order valence-electron chi connectivity index (χ2n) is 1.84. The zero-order chi connectivity index (χ0) is 8.81. The summed E-state index contributed by atoms with van der Waals surface area (Å²) in [5, 5.41) is 0. The van der Waals surface area contributed by atoms with E-state index in [-0.39, 0.29) is 0 Å². The van der Waals surface area contributed by atoms with Gasteiger partial charge in [-0.1, -0.05) is 0 Å². The summed E-state index contributed by atoms with van der Waals surface area (Å²) in [6.07, 6.45) is 2.73. The molecule has 1 radical (unpaired) electrons. The molecule has 4 heteroatoms. The van der Waals surface area contributed by atoms with Crippen molar-refractivity contribution in [3.8, 4) is 0 Å². The van der Waals surface area contributed by atoms with E-state index in [1.165, 1.54) is 24.3 Å². The molecule has 0 N–H and O–H groups in total. The summed E-state index contributed by atoms with van der Waals surface area (Å²) in [7, 11) is 0. The minimum absolute atomic E-state index is 0.293. The lowest BCUT2D eigenvalue weighted by atomic mass is 10.3. The Hall–Kier alpha value is -2.02. The molecule has 0 spiro atoms. The van der Waals surface area contributed by atoms with Crippen LogP contribution < -0.4 is 0 Å². The molecule has 0 unspecified atom stereocenters. The smallest absolute Gasteiger partial charge is 0.211 e. The van der Waals surface area contributed by atoms with Crippen LogP contribution in [0.4, 0.5) is 11.4 Å². The fourth-order valence-electron chi connectivity index (χ4n) is 0.678. The molecule has 0 fully saturated rings. The molecule has 0 heterocycles. The van der Waals surface area contributed by atoms with E-state index >= 15 is 0 Å². The van der Waals surface area contributed by atoms with E-state index in [1.807, 2.05) is 0 Å². The Bertz CT molecular complexity index is 341. The van der Waals surface area contributed by atoms with Gasteiger partial charge in [0.15, 0.2) is 0 Å². The van der Waals surface area contributed by atoms with Gasteiger partial charge in [0.2, 0.25) is 12.2 Å². The summed E-state index contributed by atoms with van der Waals surface area (Å²) >= 11 is 0. The highest BCUT2D eigenvalue weighted by Gasteiger charge is 1.91. The fourth-order valence-corrected chi connectivity index (χ4v) is 0.678. The largest absolute Gasteiger partial charge is 0.240 e. The maximum absolute atomic E-state index is 9.83. The SMILES string of the molecule is O=C=Nc1[c]ccc(N=C=O)c1. The average Bonchev–Trinajstić information content (AvgIpc) is 2.06. The van der Waals surface area contributed by atoms with Crippen LogP contribution in [0.2, 0.25) is 0 Å². The lowest BCUT2D eigenvalue weighted by Gasteiger charge is -1.89. The van der Waals surface area contributed by atoms with Crippen molar-refractivity contribution in [2.45, 2.75) is 0 Å². The summed E-state index contributed by atoms with van der Waals surface area (Å²) in [5.74, 6) is 0. The third-order valence-electron chi connectivity index (χ3n) is 1.11. The molecule has 0 atom stereocenters. The van der Waals surface area contributed by atoms with Gasteiger partial charge in [-0.3, -0.25) is 0 Å². The summed E-state index contributed by atoms with van der Waals surface area (Å²) in [6, 6.07) is 7.13. The van der Waals surface area contributed by atoms with E-state index in [9.17, 15) is 9.59 Å². The van der Waals surface area contributed by atoms with Crippen LogP contribution in [0.3, 0.4) is 0 Å². The molecule has 1 aromatic rings. The van der Waals surface area contributed by atoms with Crippen LogP contribution in [-0.2, 0) is 9.59 Å². The Kier molecular flexibility index (Phi) is 2.68. The van der Waals surface area contributed by atoms with Crippen molar-refractivity contribution >= 4 is 23.5 Å². The van der Waals surface area contributed by atoms with Gasteiger partial charge in [0.25, 0.3) is 0 Å². The zero-order valence-electron chi connectivity index (χ0n) is 5.94. The molecule has 0 amide bonds. The van der Waals surface area contributed by atoms with Crippen molar-refractivity contribution in [2.24, 2.45) is 9.98 Å². The molecule has 1 rings (SSSR count). The maximum atomic E-state index is 9.83. The Morgan fingerprint density at radius 1 is 1.25 bits per heavy atom. The van der Waals surface area contributed by atoms with Gasteiger partial charge in [-0.05, 0) is 18.2 Å². The molecule has 1 aromatic carbocycles. The van der Waals surface area contributed by atoms with Gasteiger partial charge in [-0.2, -0.15) is 9.98 Å². The molecule has 0 aromatic heterocycles. The predicted molar refractivity (Wildman–Crippen MR) is 40.8 cm³/mol. The number of isocyanates is 2. The molecule has 12 heavy (non-hydrogen) atoms. The quantitative estimate of drug-likeness (QED) is 0.484. The fraction of sp³-hybridized carbons (Fsp3) is 0. The third kappa shape index (κ3) is 1.99. The molecule has 0 aliphatic heterocycles. The van der Waals surface area contributed by atoms with E-state index in [2.05, 4.69) is 16.1 Å². The molecular formula is C8H3N2O2. The van der Waals surface area contributed by atoms with E-state index in [0.29, 0.717) is 11.4 Å². The van der Waals surface area contributed by atoms with Crippen molar-refractivity contribution in [3.05, 3.63) is 24.3 Å². The standard InChI is InChI=1S/C8H3N2O2/c11-5-9-7-2-1-3-8(4-7)10-6-12/h1-2,4H. The normalized spacial score (nSPS) is 8.00. The van der Waals surface area contributed by atoms with Crippen LogP contribution in [0.1, 0.15) is 0 Å². The van der Waals surface area contributed by atoms with E-state index in [0.717, 1.165) is 0 Å². The molecule has 4 nitrogen and oxygen atoms in total. The molecular weight excluding hydrogens is 156 g/mol. The number of hydrogen-bond acceptors (Lipinski definition) is 4. The Morgan fingerprint density at radius 2 is 2.00 bits per heavy atom. The van der Waals surface area contributed by atoms with Crippen molar-refractivity contribution in [1.29, 1.82) is 0 Å². The molecule has 0 aliphatic carbocycles. The van der Waals surface area contributed by atoms with Gasteiger partial charge in [0.05, 0.1) is 11.4 Å². The number of nitrogens with zero attached hydrogens (tertiary/aromatic N) is 2. The summed E-state index contributed by atoms with van der Waals surface area (Å²) in [5.41, 5.74) is 0.680. The first-order chi connectivity index (χ1) is 5.86. The van der Waals surface area contributed by atoms with Crippen LogP contribution in [0.25, 0.3) is 0 Å². The van der Waals surface area contributed by atoms with Crippen LogP contribution in [0, 0.1) is 6.07 Å². The molecule has 57 valence electrons.